The molecule has 0 radical (unpaired) electrons. The highest BCUT2D eigenvalue weighted by Crippen LogP contribution is 2.29. The van der Waals surface area contributed by atoms with Gasteiger partial charge in [-0.25, -0.2) is 4.39 Å². The molecule has 2 fully saturated rings. The molecule has 0 aromatic heterocycles. The fourth-order valence-corrected chi connectivity index (χ4v) is 3.28. The second-order valence-corrected chi connectivity index (χ2v) is 5.50. The Bertz CT molecular complexity index is 509. The average Bonchev–Trinajstić information content (AvgIpc) is 2.88. The predicted octanol–water partition coefficient (Wildman–Crippen LogP) is 2.74. The number of rotatable bonds is 2. The van der Waals surface area contributed by atoms with E-state index in [2.05, 4.69) is 10.2 Å². The van der Waals surface area contributed by atoms with E-state index in [0.717, 1.165) is 19.4 Å². The molecule has 2 aliphatic rings. The topological polar surface area (TPSA) is 39.1 Å². The standard InChI is InChI=1S/C15H18FN3/c16-14-8-11(10-17)3-4-15(14)18-12-5-7-19-6-1-2-13(19)9-12/h3-4,8,12-13,18H,1-2,5-7,9H2. The van der Waals surface area contributed by atoms with Gasteiger partial charge in [0.2, 0.25) is 0 Å². The summed E-state index contributed by atoms with van der Waals surface area (Å²) in [6, 6.07) is 7.61. The molecule has 2 saturated heterocycles. The van der Waals surface area contributed by atoms with Crippen LogP contribution in [0.3, 0.4) is 0 Å². The molecule has 4 heteroatoms. The van der Waals surface area contributed by atoms with Crippen LogP contribution in [0.5, 0.6) is 0 Å². The van der Waals surface area contributed by atoms with Gasteiger partial charge in [-0.15, -0.1) is 0 Å². The minimum Gasteiger partial charge on any atom is -0.380 e. The Morgan fingerprint density at radius 2 is 2.21 bits per heavy atom. The van der Waals surface area contributed by atoms with Gasteiger partial charge in [0.1, 0.15) is 5.82 Å². The molecule has 1 N–H and O–H groups in total. The summed E-state index contributed by atoms with van der Waals surface area (Å²) < 4.78 is 13.8. The van der Waals surface area contributed by atoms with Crippen LogP contribution in [0.25, 0.3) is 0 Å². The van der Waals surface area contributed by atoms with Gasteiger partial charge in [0.15, 0.2) is 0 Å². The molecule has 19 heavy (non-hydrogen) atoms. The number of hydrogen-bond acceptors (Lipinski definition) is 3. The van der Waals surface area contributed by atoms with Crippen molar-refractivity contribution in [3.63, 3.8) is 0 Å². The normalized spacial score (nSPS) is 26.7. The highest BCUT2D eigenvalue weighted by molar-refractivity contribution is 5.49. The minimum absolute atomic E-state index is 0.326. The first kappa shape index (κ1) is 12.4. The molecule has 3 nitrogen and oxygen atoms in total. The summed E-state index contributed by atoms with van der Waals surface area (Å²) in [6.07, 6.45) is 4.73. The lowest BCUT2D eigenvalue weighted by molar-refractivity contribution is 0.188. The number of nitrogens with one attached hydrogen (secondary N) is 1. The Balaban J connectivity index is 1.67. The van der Waals surface area contributed by atoms with Crippen LogP contribution in [0.1, 0.15) is 31.2 Å². The zero-order valence-corrected chi connectivity index (χ0v) is 10.9. The maximum absolute atomic E-state index is 13.8. The second kappa shape index (κ2) is 5.18. The van der Waals surface area contributed by atoms with E-state index < -0.39 is 0 Å². The Morgan fingerprint density at radius 3 is 3.00 bits per heavy atom. The highest BCUT2D eigenvalue weighted by atomic mass is 19.1. The highest BCUT2D eigenvalue weighted by Gasteiger charge is 2.31. The minimum atomic E-state index is -0.326. The lowest BCUT2D eigenvalue weighted by atomic mass is 9.97. The molecule has 2 heterocycles. The molecule has 0 aliphatic carbocycles. The number of benzene rings is 1. The van der Waals surface area contributed by atoms with Gasteiger partial charge in [-0.05, 0) is 50.4 Å². The number of nitriles is 1. The second-order valence-electron chi connectivity index (χ2n) is 5.50. The molecule has 0 amide bonds. The summed E-state index contributed by atoms with van der Waals surface area (Å²) >= 11 is 0. The van der Waals surface area contributed by atoms with Crippen LogP contribution in [-0.4, -0.2) is 30.1 Å². The first-order chi connectivity index (χ1) is 9.26. The number of hydrogen-bond donors (Lipinski definition) is 1. The van der Waals surface area contributed by atoms with Crippen molar-refractivity contribution in [2.45, 2.75) is 37.8 Å². The van der Waals surface area contributed by atoms with Crippen LogP contribution in [0.15, 0.2) is 18.2 Å². The van der Waals surface area contributed by atoms with Gasteiger partial charge in [-0.2, -0.15) is 5.26 Å². The van der Waals surface area contributed by atoms with E-state index in [4.69, 9.17) is 5.26 Å². The Labute approximate surface area is 113 Å². The van der Waals surface area contributed by atoms with E-state index in [1.807, 2.05) is 6.07 Å². The molecule has 3 rings (SSSR count). The van der Waals surface area contributed by atoms with Crippen LogP contribution in [0, 0.1) is 17.1 Å². The molecule has 1 aromatic rings. The van der Waals surface area contributed by atoms with E-state index in [0.29, 0.717) is 23.3 Å². The molecule has 2 aliphatic heterocycles. The number of fused-ring (bicyclic) bond motifs is 1. The molecule has 0 bridgehead atoms. The van der Waals surface area contributed by atoms with Crippen LogP contribution in [0.4, 0.5) is 10.1 Å². The maximum atomic E-state index is 13.8. The van der Waals surface area contributed by atoms with E-state index in [1.165, 1.54) is 25.5 Å². The van der Waals surface area contributed by atoms with Crippen molar-refractivity contribution in [3.05, 3.63) is 29.6 Å². The van der Waals surface area contributed by atoms with Gasteiger partial charge in [0.25, 0.3) is 0 Å². The van der Waals surface area contributed by atoms with Crippen LogP contribution < -0.4 is 5.32 Å². The molecule has 1 aromatic carbocycles. The average molecular weight is 259 g/mol. The van der Waals surface area contributed by atoms with E-state index in [-0.39, 0.29) is 5.82 Å². The Kier molecular flexibility index (Phi) is 3.39. The van der Waals surface area contributed by atoms with Gasteiger partial charge in [-0.3, -0.25) is 0 Å². The molecule has 0 spiro atoms. The number of anilines is 1. The lowest BCUT2D eigenvalue weighted by Gasteiger charge is -2.35. The van der Waals surface area contributed by atoms with Crippen molar-refractivity contribution in [2.24, 2.45) is 0 Å². The van der Waals surface area contributed by atoms with E-state index in [1.54, 1.807) is 12.1 Å². The zero-order chi connectivity index (χ0) is 13.2. The van der Waals surface area contributed by atoms with E-state index >= 15 is 0 Å². The first-order valence-corrected chi connectivity index (χ1v) is 6.96. The van der Waals surface area contributed by atoms with Crippen LogP contribution in [-0.2, 0) is 0 Å². The molecule has 2 atom stereocenters. The zero-order valence-electron chi connectivity index (χ0n) is 10.9. The SMILES string of the molecule is N#Cc1ccc(NC2CCN3CCCC3C2)c(F)c1. The van der Waals surface area contributed by atoms with Crippen molar-refractivity contribution >= 4 is 5.69 Å². The molecule has 100 valence electrons. The lowest BCUT2D eigenvalue weighted by Crippen LogP contribution is -2.42. The van der Waals surface area contributed by atoms with Crippen LogP contribution in [0.2, 0.25) is 0 Å². The number of halogens is 1. The predicted molar refractivity (Wildman–Crippen MR) is 72.4 cm³/mol. The van der Waals surface area contributed by atoms with Crippen molar-refractivity contribution in [2.75, 3.05) is 18.4 Å². The van der Waals surface area contributed by atoms with Gasteiger partial charge in [0, 0.05) is 18.6 Å². The Morgan fingerprint density at radius 1 is 1.32 bits per heavy atom. The van der Waals surface area contributed by atoms with Gasteiger partial charge >= 0.3 is 0 Å². The number of piperidine rings is 1. The third-order valence-corrected chi connectivity index (χ3v) is 4.28. The first-order valence-electron chi connectivity index (χ1n) is 6.96. The summed E-state index contributed by atoms with van der Waals surface area (Å²) in [5.41, 5.74) is 0.893. The third-order valence-electron chi connectivity index (χ3n) is 4.28. The fourth-order valence-electron chi connectivity index (χ4n) is 3.28. The number of nitrogens with zero attached hydrogens (tertiary/aromatic N) is 2. The smallest absolute Gasteiger partial charge is 0.147 e. The molecule has 2 unspecified atom stereocenters. The van der Waals surface area contributed by atoms with Gasteiger partial charge in [0.05, 0.1) is 17.3 Å². The van der Waals surface area contributed by atoms with Crippen molar-refractivity contribution in [3.8, 4) is 6.07 Å². The third kappa shape index (κ3) is 2.57. The summed E-state index contributed by atoms with van der Waals surface area (Å²) in [5, 5.41) is 12.0. The maximum Gasteiger partial charge on any atom is 0.147 e. The molecular formula is C15H18FN3. The summed E-state index contributed by atoms with van der Waals surface area (Å²) in [7, 11) is 0. The van der Waals surface area contributed by atoms with Crippen molar-refractivity contribution in [1.82, 2.24) is 4.90 Å². The fraction of sp³-hybridized carbons (Fsp3) is 0.533. The summed E-state index contributed by atoms with van der Waals surface area (Å²) in [4.78, 5) is 2.55. The van der Waals surface area contributed by atoms with Crippen molar-refractivity contribution in [1.29, 1.82) is 5.26 Å². The van der Waals surface area contributed by atoms with Gasteiger partial charge < -0.3 is 10.2 Å². The quantitative estimate of drug-likeness (QED) is 0.887. The monoisotopic (exact) mass is 259 g/mol. The summed E-state index contributed by atoms with van der Waals surface area (Å²) in [6.45, 7) is 2.34. The summed E-state index contributed by atoms with van der Waals surface area (Å²) in [5.74, 6) is -0.326. The van der Waals surface area contributed by atoms with Crippen molar-refractivity contribution < 1.29 is 4.39 Å². The van der Waals surface area contributed by atoms with Gasteiger partial charge in [-0.1, -0.05) is 0 Å². The molecule has 0 saturated carbocycles. The van der Waals surface area contributed by atoms with Crippen LogP contribution >= 0.6 is 0 Å². The largest absolute Gasteiger partial charge is 0.380 e. The Hall–Kier alpha value is -1.60. The molecular weight excluding hydrogens is 241 g/mol. The van der Waals surface area contributed by atoms with E-state index in [9.17, 15) is 4.39 Å².